The Bertz CT molecular complexity index is 960. The molecule has 2 amide bonds. The number of rotatable bonds is 4. The lowest BCUT2D eigenvalue weighted by molar-refractivity contribution is -0.739. The first kappa shape index (κ1) is 18.2. The minimum Gasteiger partial charge on any atom is -0.544 e. The lowest BCUT2D eigenvalue weighted by atomic mass is 9.78. The number of nitrogens with zero attached hydrogens (tertiary/aromatic N) is 1. The second-order valence-electron chi connectivity index (χ2n) is 7.28. The van der Waals surface area contributed by atoms with Gasteiger partial charge in [0.2, 0.25) is 11.8 Å². The van der Waals surface area contributed by atoms with Crippen molar-refractivity contribution in [1.29, 1.82) is 0 Å². The van der Waals surface area contributed by atoms with Gasteiger partial charge in [-0.15, -0.1) is 0 Å². The number of aromatic hydroxyl groups is 1. The van der Waals surface area contributed by atoms with Gasteiger partial charge in [0.15, 0.2) is 0 Å². The second-order valence-corrected chi connectivity index (χ2v) is 7.28. The number of carboxylic acid groups (broad SMARTS) is 1. The van der Waals surface area contributed by atoms with Crippen molar-refractivity contribution in [3.05, 3.63) is 60.2 Å². The van der Waals surface area contributed by atoms with Crippen LogP contribution >= 0.6 is 0 Å². The van der Waals surface area contributed by atoms with Crippen molar-refractivity contribution in [1.82, 2.24) is 0 Å². The Balaban J connectivity index is 1.88. The van der Waals surface area contributed by atoms with E-state index in [1.54, 1.807) is 55.5 Å². The van der Waals surface area contributed by atoms with Crippen molar-refractivity contribution in [3.63, 3.8) is 0 Å². The summed E-state index contributed by atoms with van der Waals surface area (Å²) in [7, 11) is 0. The first-order chi connectivity index (χ1) is 13.4. The van der Waals surface area contributed by atoms with Crippen molar-refractivity contribution in [3.8, 4) is 5.75 Å². The number of hydrogen-bond acceptors (Lipinski definition) is 5. The van der Waals surface area contributed by atoms with Gasteiger partial charge in [-0.3, -0.25) is 9.59 Å². The average molecular weight is 380 g/mol. The molecule has 0 spiro atoms. The number of aliphatic carboxylic acids is 1. The highest BCUT2D eigenvalue weighted by molar-refractivity contribution is 6.23. The van der Waals surface area contributed by atoms with Crippen LogP contribution < -0.4 is 15.3 Å². The monoisotopic (exact) mass is 380 g/mol. The summed E-state index contributed by atoms with van der Waals surface area (Å²) < 4.78 is 0. The molecule has 2 fully saturated rings. The standard InChI is InChI=1S/C21H20N2O5/c1-2-21(20(27)28)16-15(17(22-21)13-10-6-7-11-14(13)24)18(25)23(19(16)26)12-8-4-3-5-9-12/h3-11,15-17,22,24H,2H2,1H3,(H,27,28)/t15-,16+,17-,21+/m0/s1. The SMILES string of the molecule is CC[C@@]1(C(=O)[O-])[NH2+][C@@H](c2ccccc2O)[C@H]2C(=O)N(c3ccccc3)C(=O)[C@@H]21. The lowest BCUT2D eigenvalue weighted by Gasteiger charge is -2.31. The lowest BCUT2D eigenvalue weighted by Crippen LogP contribution is -2.99. The van der Waals surface area contributed by atoms with Gasteiger partial charge in [0.05, 0.1) is 11.3 Å². The van der Waals surface area contributed by atoms with Crippen LogP contribution in [0.2, 0.25) is 0 Å². The minimum absolute atomic E-state index is 0.0360. The van der Waals surface area contributed by atoms with Crippen LogP contribution in [0.3, 0.4) is 0 Å². The Kier molecular flexibility index (Phi) is 4.19. The summed E-state index contributed by atoms with van der Waals surface area (Å²) >= 11 is 0. The topological polar surface area (TPSA) is 114 Å². The second kappa shape index (κ2) is 6.45. The molecule has 0 saturated carbocycles. The number of phenols is 1. The van der Waals surface area contributed by atoms with Crippen molar-refractivity contribution in [2.24, 2.45) is 11.8 Å². The van der Waals surface area contributed by atoms with Gasteiger partial charge in [-0.1, -0.05) is 37.3 Å². The molecule has 3 N–H and O–H groups in total. The first-order valence-corrected chi connectivity index (χ1v) is 9.20. The molecule has 0 aliphatic carbocycles. The molecule has 7 heteroatoms. The van der Waals surface area contributed by atoms with Gasteiger partial charge in [-0.05, 0) is 24.3 Å². The highest BCUT2D eigenvalue weighted by Gasteiger charge is 2.69. The quantitative estimate of drug-likeness (QED) is 0.708. The molecule has 4 atom stereocenters. The van der Waals surface area contributed by atoms with Crippen LogP contribution in [-0.4, -0.2) is 28.4 Å². The number of fused-ring (bicyclic) bond motifs is 1. The van der Waals surface area contributed by atoms with E-state index in [0.717, 1.165) is 4.90 Å². The molecule has 28 heavy (non-hydrogen) atoms. The van der Waals surface area contributed by atoms with Crippen molar-refractivity contribution in [2.45, 2.75) is 24.9 Å². The molecular weight excluding hydrogens is 360 g/mol. The number of carbonyl (C=O) groups excluding carboxylic acids is 3. The van der Waals surface area contributed by atoms with E-state index in [1.807, 2.05) is 0 Å². The number of benzene rings is 2. The van der Waals surface area contributed by atoms with Crippen LogP contribution in [0.1, 0.15) is 24.9 Å². The van der Waals surface area contributed by atoms with Crippen LogP contribution in [-0.2, 0) is 14.4 Å². The summed E-state index contributed by atoms with van der Waals surface area (Å²) in [6.07, 6.45) is 0.113. The normalized spacial score (nSPS) is 29.2. The van der Waals surface area contributed by atoms with Gasteiger partial charge in [0.1, 0.15) is 35.1 Å². The predicted molar refractivity (Wildman–Crippen MR) is 96.7 cm³/mol. The number of nitrogens with two attached hydrogens (primary N) is 1. The molecular formula is C21H20N2O5. The number of anilines is 1. The maximum Gasteiger partial charge on any atom is 0.244 e. The van der Waals surface area contributed by atoms with E-state index in [0.29, 0.717) is 11.3 Å². The van der Waals surface area contributed by atoms with E-state index in [2.05, 4.69) is 0 Å². The van der Waals surface area contributed by atoms with Crippen LogP contribution in [0.4, 0.5) is 5.69 Å². The molecule has 0 unspecified atom stereocenters. The molecule has 4 rings (SSSR count). The number of imide groups is 1. The molecule has 2 aliphatic rings. The fourth-order valence-electron chi connectivity index (χ4n) is 4.68. The van der Waals surface area contributed by atoms with Gasteiger partial charge in [-0.25, -0.2) is 4.90 Å². The number of hydrogen-bond donors (Lipinski definition) is 2. The number of carboxylic acids is 1. The Morgan fingerprint density at radius 3 is 2.36 bits per heavy atom. The molecule has 0 aromatic heterocycles. The highest BCUT2D eigenvalue weighted by Crippen LogP contribution is 2.47. The number of phenolic OH excluding ortho intramolecular Hbond substituents is 1. The maximum atomic E-state index is 13.3. The number of amides is 2. The Labute approximate surface area is 161 Å². The fraction of sp³-hybridized carbons (Fsp3) is 0.286. The molecule has 2 aliphatic heterocycles. The van der Waals surface area contributed by atoms with E-state index in [-0.39, 0.29) is 12.2 Å². The van der Waals surface area contributed by atoms with E-state index in [1.165, 1.54) is 11.4 Å². The highest BCUT2D eigenvalue weighted by atomic mass is 16.4. The molecule has 0 bridgehead atoms. The number of para-hydroxylation sites is 2. The van der Waals surface area contributed by atoms with E-state index in [9.17, 15) is 24.6 Å². The molecule has 7 nitrogen and oxygen atoms in total. The third-order valence-electron chi connectivity index (χ3n) is 6.05. The van der Waals surface area contributed by atoms with Gasteiger partial charge in [0, 0.05) is 6.42 Å². The summed E-state index contributed by atoms with van der Waals surface area (Å²) in [5, 5.41) is 24.0. The summed E-state index contributed by atoms with van der Waals surface area (Å²) in [5.74, 6) is -4.38. The number of quaternary nitrogens is 1. The van der Waals surface area contributed by atoms with E-state index < -0.39 is 41.2 Å². The van der Waals surface area contributed by atoms with Crippen LogP contribution in [0.15, 0.2) is 54.6 Å². The van der Waals surface area contributed by atoms with E-state index in [4.69, 9.17) is 0 Å². The zero-order valence-electron chi connectivity index (χ0n) is 15.2. The smallest absolute Gasteiger partial charge is 0.244 e. The Hall–Kier alpha value is -3.19. The zero-order valence-corrected chi connectivity index (χ0v) is 15.2. The maximum absolute atomic E-state index is 13.3. The first-order valence-electron chi connectivity index (χ1n) is 9.20. The number of carbonyl (C=O) groups is 3. The summed E-state index contributed by atoms with van der Waals surface area (Å²) in [6.45, 7) is 1.67. The molecule has 2 aromatic carbocycles. The molecule has 2 saturated heterocycles. The van der Waals surface area contributed by atoms with Crippen molar-refractivity contribution in [2.75, 3.05) is 4.90 Å². The largest absolute Gasteiger partial charge is 0.544 e. The van der Waals surface area contributed by atoms with Crippen LogP contribution in [0.5, 0.6) is 5.75 Å². The molecule has 144 valence electrons. The summed E-state index contributed by atoms with van der Waals surface area (Å²) in [5.41, 5.74) is -0.732. The van der Waals surface area contributed by atoms with Crippen molar-refractivity contribution >= 4 is 23.5 Å². The van der Waals surface area contributed by atoms with Gasteiger partial charge < -0.3 is 20.3 Å². The van der Waals surface area contributed by atoms with Gasteiger partial charge in [-0.2, -0.15) is 0 Å². The molecule has 0 radical (unpaired) electrons. The minimum atomic E-state index is -1.58. The van der Waals surface area contributed by atoms with Crippen molar-refractivity contribution < 1.29 is 29.9 Å². The third-order valence-corrected chi connectivity index (χ3v) is 6.05. The summed E-state index contributed by atoms with van der Waals surface area (Å²) in [6, 6.07) is 14.3. The van der Waals surface area contributed by atoms with E-state index >= 15 is 0 Å². The van der Waals surface area contributed by atoms with Crippen LogP contribution in [0, 0.1) is 11.8 Å². The predicted octanol–water partition coefficient (Wildman–Crippen LogP) is -0.285. The summed E-state index contributed by atoms with van der Waals surface area (Å²) in [4.78, 5) is 39.8. The molecule has 2 aromatic rings. The Morgan fingerprint density at radius 2 is 1.75 bits per heavy atom. The van der Waals surface area contributed by atoms with Crippen LogP contribution in [0.25, 0.3) is 0 Å². The zero-order chi connectivity index (χ0) is 20.1. The fourth-order valence-corrected chi connectivity index (χ4v) is 4.68. The molecule has 2 heterocycles. The third kappa shape index (κ3) is 2.36. The Morgan fingerprint density at radius 1 is 1.11 bits per heavy atom. The van der Waals surface area contributed by atoms with Gasteiger partial charge in [0.25, 0.3) is 0 Å². The average Bonchev–Trinajstić information content (AvgIpc) is 3.17. The van der Waals surface area contributed by atoms with Gasteiger partial charge >= 0.3 is 0 Å².